The van der Waals surface area contributed by atoms with Gasteiger partial charge in [0, 0.05) is 18.1 Å². The van der Waals surface area contributed by atoms with Gasteiger partial charge in [0.05, 0.1) is 5.56 Å². The SMILES string of the molecule is Clc1ccc(C2Oc3ccccc3O2)c(OC2CNC2)c1. The van der Waals surface area contributed by atoms with Crippen LogP contribution in [0, 0.1) is 0 Å². The lowest BCUT2D eigenvalue weighted by atomic mass is 10.1. The maximum atomic E-state index is 6.08. The van der Waals surface area contributed by atoms with Crippen LogP contribution in [-0.4, -0.2) is 19.2 Å². The number of nitrogens with one attached hydrogen (secondary N) is 1. The Bertz CT molecular complexity index is 647. The Morgan fingerprint density at radius 3 is 2.38 bits per heavy atom. The van der Waals surface area contributed by atoms with E-state index in [4.69, 9.17) is 25.8 Å². The summed E-state index contributed by atoms with van der Waals surface area (Å²) in [5.41, 5.74) is 0.850. The normalized spacial score (nSPS) is 17.6. The summed E-state index contributed by atoms with van der Waals surface area (Å²) in [7, 11) is 0. The third-order valence-corrected chi connectivity index (χ3v) is 3.82. The molecule has 0 spiro atoms. The highest BCUT2D eigenvalue weighted by molar-refractivity contribution is 6.30. The topological polar surface area (TPSA) is 39.7 Å². The Hall–Kier alpha value is -1.91. The minimum atomic E-state index is -0.497. The Kier molecular flexibility index (Phi) is 3.13. The lowest BCUT2D eigenvalue weighted by Crippen LogP contribution is -2.50. The average Bonchev–Trinajstić information content (AvgIpc) is 2.86. The molecule has 4 nitrogen and oxygen atoms in total. The van der Waals surface area contributed by atoms with Crippen LogP contribution in [-0.2, 0) is 0 Å². The number of fused-ring (bicyclic) bond motifs is 1. The molecule has 0 unspecified atom stereocenters. The molecule has 2 aliphatic rings. The molecule has 2 aromatic carbocycles. The van der Waals surface area contributed by atoms with Crippen LogP contribution in [0.5, 0.6) is 17.2 Å². The summed E-state index contributed by atoms with van der Waals surface area (Å²) < 4.78 is 17.7. The zero-order valence-electron chi connectivity index (χ0n) is 11.2. The first-order chi connectivity index (χ1) is 10.3. The average molecular weight is 304 g/mol. The Balaban J connectivity index is 1.63. The molecule has 1 N–H and O–H groups in total. The number of hydrogen-bond donors (Lipinski definition) is 1. The predicted molar refractivity (Wildman–Crippen MR) is 79.2 cm³/mol. The molecule has 0 amide bonds. The number of benzene rings is 2. The van der Waals surface area contributed by atoms with Crippen LogP contribution < -0.4 is 19.5 Å². The van der Waals surface area contributed by atoms with Crippen molar-refractivity contribution in [3.05, 3.63) is 53.1 Å². The standard InChI is InChI=1S/C16H14ClNO3/c17-10-5-6-12(15(7-10)19-11-8-18-9-11)16-20-13-3-1-2-4-14(13)21-16/h1-7,11,16,18H,8-9H2. The van der Waals surface area contributed by atoms with Crippen LogP contribution in [0.1, 0.15) is 11.9 Å². The number of halogens is 1. The van der Waals surface area contributed by atoms with Gasteiger partial charge in [-0.1, -0.05) is 23.7 Å². The van der Waals surface area contributed by atoms with E-state index in [9.17, 15) is 0 Å². The molecule has 0 atom stereocenters. The fourth-order valence-electron chi connectivity index (χ4n) is 2.36. The predicted octanol–water partition coefficient (Wildman–Crippen LogP) is 3.16. The first-order valence-corrected chi connectivity index (χ1v) is 7.26. The van der Waals surface area contributed by atoms with Gasteiger partial charge >= 0.3 is 0 Å². The van der Waals surface area contributed by atoms with Crippen molar-refractivity contribution in [3.8, 4) is 17.2 Å². The van der Waals surface area contributed by atoms with Gasteiger partial charge in [0.25, 0.3) is 6.29 Å². The van der Waals surface area contributed by atoms with E-state index >= 15 is 0 Å². The van der Waals surface area contributed by atoms with Crippen LogP contribution in [0.3, 0.4) is 0 Å². The van der Waals surface area contributed by atoms with Crippen molar-refractivity contribution in [2.45, 2.75) is 12.4 Å². The summed E-state index contributed by atoms with van der Waals surface area (Å²) in [6.45, 7) is 1.69. The number of para-hydroxylation sites is 2. The molecule has 0 aromatic heterocycles. The quantitative estimate of drug-likeness (QED) is 0.945. The summed E-state index contributed by atoms with van der Waals surface area (Å²) in [6.07, 6.45) is -0.325. The first kappa shape index (κ1) is 12.8. The van der Waals surface area contributed by atoms with Crippen LogP contribution in [0.2, 0.25) is 5.02 Å². The Labute approximate surface area is 127 Å². The van der Waals surface area contributed by atoms with E-state index in [0.29, 0.717) is 10.8 Å². The molecule has 4 rings (SSSR count). The van der Waals surface area contributed by atoms with Crippen LogP contribution >= 0.6 is 11.6 Å². The monoisotopic (exact) mass is 303 g/mol. The van der Waals surface area contributed by atoms with Gasteiger partial charge in [-0.05, 0) is 30.3 Å². The highest BCUT2D eigenvalue weighted by Gasteiger charge is 2.29. The van der Waals surface area contributed by atoms with Crippen molar-refractivity contribution in [2.75, 3.05) is 13.1 Å². The van der Waals surface area contributed by atoms with E-state index in [0.717, 1.165) is 30.2 Å². The molecule has 1 saturated heterocycles. The largest absolute Gasteiger partial charge is 0.487 e. The van der Waals surface area contributed by atoms with Crippen molar-refractivity contribution >= 4 is 11.6 Å². The van der Waals surface area contributed by atoms with Crippen LogP contribution in [0.25, 0.3) is 0 Å². The molecule has 0 aliphatic carbocycles. The highest BCUT2D eigenvalue weighted by atomic mass is 35.5. The third kappa shape index (κ3) is 2.41. The fourth-order valence-corrected chi connectivity index (χ4v) is 2.52. The van der Waals surface area contributed by atoms with Crippen molar-refractivity contribution in [1.82, 2.24) is 5.32 Å². The van der Waals surface area contributed by atoms with Crippen molar-refractivity contribution in [3.63, 3.8) is 0 Å². The van der Waals surface area contributed by atoms with Crippen molar-refractivity contribution in [1.29, 1.82) is 0 Å². The summed E-state index contributed by atoms with van der Waals surface area (Å²) in [5.74, 6) is 2.20. The molecule has 2 heterocycles. The van der Waals surface area contributed by atoms with Crippen LogP contribution in [0.4, 0.5) is 0 Å². The third-order valence-electron chi connectivity index (χ3n) is 3.58. The lowest BCUT2D eigenvalue weighted by molar-refractivity contribution is 0.0424. The van der Waals surface area contributed by atoms with Gasteiger partial charge in [0.15, 0.2) is 11.5 Å². The number of rotatable bonds is 3. The molecule has 0 radical (unpaired) electrons. The van der Waals surface area contributed by atoms with Gasteiger partial charge in [0.2, 0.25) is 0 Å². The van der Waals surface area contributed by atoms with Gasteiger partial charge in [-0.2, -0.15) is 0 Å². The van der Waals surface area contributed by atoms with E-state index in [-0.39, 0.29) is 6.10 Å². The molecule has 2 aromatic rings. The van der Waals surface area contributed by atoms with Gasteiger partial charge in [-0.15, -0.1) is 0 Å². The molecule has 108 valence electrons. The molecule has 21 heavy (non-hydrogen) atoms. The number of ether oxygens (including phenoxy) is 3. The fraction of sp³-hybridized carbons (Fsp3) is 0.250. The molecule has 2 aliphatic heterocycles. The van der Waals surface area contributed by atoms with Crippen molar-refractivity contribution in [2.24, 2.45) is 0 Å². The molecule has 1 fully saturated rings. The summed E-state index contributed by atoms with van der Waals surface area (Å²) >= 11 is 6.08. The van der Waals surface area contributed by atoms with E-state index in [2.05, 4.69) is 5.32 Å². The zero-order chi connectivity index (χ0) is 14.2. The van der Waals surface area contributed by atoms with Gasteiger partial charge in [-0.3, -0.25) is 0 Å². The molecule has 0 bridgehead atoms. The highest BCUT2D eigenvalue weighted by Crippen LogP contribution is 2.42. The van der Waals surface area contributed by atoms with Gasteiger partial charge in [0.1, 0.15) is 11.9 Å². The molecular weight excluding hydrogens is 290 g/mol. The smallest absolute Gasteiger partial charge is 0.271 e. The van der Waals surface area contributed by atoms with Gasteiger partial charge in [-0.25, -0.2) is 0 Å². The lowest BCUT2D eigenvalue weighted by Gasteiger charge is -2.29. The van der Waals surface area contributed by atoms with Gasteiger partial charge < -0.3 is 19.5 Å². The molecular formula is C16H14ClNO3. The molecule has 5 heteroatoms. The second kappa shape index (κ2) is 5.13. The summed E-state index contributed by atoms with van der Waals surface area (Å²) in [6, 6.07) is 13.1. The van der Waals surface area contributed by atoms with E-state index in [1.807, 2.05) is 42.5 Å². The second-order valence-electron chi connectivity index (χ2n) is 5.09. The summed E-state index contributed by atoms with van der Waals surface area (Å²) in [5, 5.41) is 3.81. The van der Waals surface area contributed by atoms with Crippen molar-refractivity contribution < 1.29 is 14.2 Å². The summed E-state index contributed by atoms with van der Waals surface area (Å²) in [4.78, 5) is 0. The molecule has 0 saturated carbocycles. The van der Waals surface area contributed by atoms with E-state index in [1.165, 1.54) is 0 Å². The van der Waals surface area contributed by atoms with Crippen LogP contribution in [0.15, 0.2) is 42.5 Å². The Morgan fingerprint density at radius 2 is 1.76 bits per heavy atom. The van der Waals surface area contributed by atoms with E-state index < -0.39 is 6.29 Å². The maximum absolute atomic E-state index is 6.08. The number of hydrogen-bond acceptors (Lipinski definition) is 4. The second-order valence-corrected chi connectivity index (χ2v) is 5.53. The zero-order valence-corrected chi connectivity index (χ0v) is 12.0. The van der Waals surface area contributed by atoms with E-state index in [1.54, 1.807) is 0 Å². The first-order valence-electron chi connectivity index (χ1n) is 6.89. The Morgan fingerprint density at radius 1 is 1.05 bits per heavy atom. The maximum Gasteiger partial charge on any atom is 0.271 e. The minimum absolute atomic E-state index is 0.172. The minimum Gasteiger partial charge on any atom is -0.487 e.